The predicted octanol–water partition coefficient (Wildman–Crippen LogP) is 1.76. The summed E-state index contributed by atoms with van der Waals surface area (Å²) in [4.78, 5) is 6.68. The molecular formula is C16H24N2O3S. The topological polar surface area (TPSA) is 70.5 Å². The van der Waals surface area contributed by atoms with Gasteiger partial charge in [0.15, 0.2) is 9.84 Å². The molecule has 0 bridgehead atoms. The average Bonchev–Trinajstić information content (AvgIpc) is 2.79. The van der Waals surface area contributed by atoms with Crippen molar-refractivity contribution in [3.05, 3.63) is 23.9 Å². The monoisotopic (exact) mass is 324 g/mol. The van der Waals surface area contributed by atoms with Crippen LogP contribution in [0.2, 0.25) is 0 Å². The molecule has 0 amide bonds. The Labute approximate surface area is 132 Å². The Hall–Kier alpha value is -1.14. The first-order valence-corrected chi connectivity index (χ1v) is 10.00. The lowest BCUT2D eigenvalue weighted by molar-refractivity contribution is 0.0408. The maximum atomic E-state index is 11.3. The number of aliphatic hydroxyl groups is 1. The van der Waals surface area contributed by atoms with E-state index in [9.17, 15) is 13.5 Å². The Morgan fingerprint density at radius 3 is 2.73 bits per heavy atom. The van der Waals surface area contributed by atoms with Gasteiger partial charge in [0.25, 0.3) is 0 Å². The van der Waals surface area contributed by atoms with Crippen molar-refractivity contribution in [1.29, 1.82) is 0 Å². The van der Waals surface area contributed by atoms with Gasteiger partial charge < -0.3 is 10.0 Å². The van der Waals surface area contributed by atoms with Crippen LogP contribution in [0, 0.1) is 5.41 Å². The number of rotatable bonds is 3. The van der Waals surface area contributed by atoms with Crippen molar-refractivity contribution < 1.29 is 13.5 Å². The van der Waals surface area contributed by atoms with Crippen molar-refractivity contribution >= 4 is 15.7 Å². The van der Waals surface area contributed by atoms with Crippen molar-refractivity contribution in [1.82, 2.24) is 4.98 Å². The molecule has 1 aromatic heterocycles. The Kier molecular flexibility index (Phi) is 4.16. The van der Waals surface area contributed by atoms with Crippen molar-refractivity contribution in [2.75, 3.05) is 24.2 Å². The highest BCUT2D eigenvalue weighted by Gasteiger charge is 2.44. The highest BCUT2D eigenvalue weighted by Crippen LogP contribution is 2.45. The summed E-state index contributed by atoms with van der Waals surface area (Å²) in [6, 6.07) is 3.75. The fourth-order valence-corrected chi connectivity index (χ4v) is 4.72. The molecule has 122 valence electrons. The number of aliphatic hydroxyl groups excluding tert-OH is 1. The van der Waals surface area contributed by atoms with E-state index in [2.05, 4.69) is 9.88 Å². The first kappa shape index (κ1) is 15.7. The van der Waals surface area contributed by atoms with Crippen LogP contribution < -0.4 is 4.90 Å². The third kappa shape index (κ3) is 3.27. The number of nitrogens with zero attached hydrogens (tertiary/aromatic N) is 2. The van der Waals surface area contributed by atoms with E-state index in [1.54, 1.807) is 6.20 Å². The van der Waals surface area contributed by atoms with Gasteiger partial charge in [0.05, 0.1) is 11.9 Å². The van der Waals surface area contributed by atoms with Crippen LogP contribution in [-0.2, 0) is 15.6 Å². The summed E-state index contributed by atoms with van der Waals surface area (Å²) in [6.45, 7) is 1.81. The quantitative estimate of drug-likeness (QED) is 0.917. The highest BCUT2D eigenvalue weighted by molar-refractivity contribution is 7.89. The number of sulfone groups is 1. The zero-order valence-corrected chi connectivity index (χ0v) is 13.8. The molecule has 5 nitrogen and oxygen atoms in total. The third-order valence-corrected chi connectivity index (χ3v) is 5.89. The average molecular weight is 324 g/mol. The molecule has 2 fully saturated rings. The Bertz CT molecular complexity index is 629. The smallest absolute Gasteiger partial charge is 0.151 e. The van der Waals surface area contributed by atoms with Crippen LogP contribution in [0.15, 0.2) is 18.3 Å². The van der Waals surface area contributed by atoms with E-state index < -0.39 is 9.84 Å². The van der Waals surface area contributed by atoms with Gasteiger partial charge in [-0.05, 0) is 37.3 Å². The molecule has 1 aromatic rings. The number of hydrogen-bond donors (Lipinski definition) is 1. The number of piperidine rings is 1. The molecule has 2 atom stereocenters. The predicted molar refractivity (Wildman–Crippen MR) is 86.5 cm³/mol. The van der Waals surface area contributed by atoms with Crippen LogP contribution in [-0.4, -0.2) is 44.0 Å². The van der Waals surface area contributed by atoms with E-state index in [-0.39, 0.29) is 17.3 Å². The molecule has 3 rings (SSSR count). The van der Waals surface area contributed by atoms with E-state index >= 15 is 0 Å². The highest BCUT2D eigenvalue weighted by atomic mass is 32.2. The van der Waals surface area contributed by atoms with Gasteiger partial charge in [-0.25, -0.2) is 13.4 Å². The second-order valence-electron chi connectivity index (χ2n) is 6.89. The Morgan fingerprint density at radius 1 is 1.36 bits per heavy atom. The molecular weight excluding hydrogens is 300 g/mol. The Morgan fingerprint density at radius 2 is 2.14 bits per heavy atom. The van der Waals surface area contributed by atoms with E-state index in [1.165, 1.54) is 6.26 Å². The molecule has 0 unspecified atom stereocenters. The molecule has 1 saturated carbocycles. The standard InChI is InChI=1S/C16H24N2O3S/c1-22(20,21)11-13-5-6-15(17-10-13)18-9-3-8-16(12-18)7-2-4-14(16)19/h5-6,10,14,19H,2-4,7-9,11-12H2,1H3/t14-,16-/m1/s1. The van der Waals surface area contributed by atoms with Gasteiger partial charge in [0.2, 0.25) is 0 Å². The molecule has 0 radical (unpaired) electrons. The van der Waals surface area contributed by atoms with Crippen molar-refractivity contribution in [3.8, 4) is 0 Å². The molecule has 22 heavy (non-hydrogen) atoms. The van der Waals surface area contributed by atoms with Crippen molar-refractivity contribution in [2.45, 2.75) is 44.0 Å². The zero-order chi connectivity index (χ0) is 15.8. The lowest BCUT2D eigenvalue weighted by Gasteiger charge is -2.43. The van der Waals surface area contributed by atoms with E-state index in [1.807, 2.05) is 12.1 Å². The molecule has 2 aliphatic rings. The molecule has 1 aliphatic carbocycles. The first-order chi connectivity index (χ1) is 10.4. The summed E-state index contributed by atoms with van der Waals surface area (Å²) in [6.07, 6.45) is 7.97. The molecule has 6 heteroatoms. The van der Waals surface area contributed by atoms with Gasteiger partial charge in [-0.15, -0.1) is 0 Å². The van der Waals surface area contributed by atoms with E-state index in [4.69, 9.17) is 0 Å². The second kappa shape index (κ2) is 5.81. The number of anilines is 1. The van der Waals surface area contributed by atoms with Gasteiger partial charge in [-0.3, -0.25) is 0 Å². The van der Waals surface area contributed by atoms with E-state index in [0.29, 0.717) is 0 Å². The first-order valence-electron chi connectivity index (χ1n) is 7.94. The molecule has 1 aliphatic heterocycles. The van der Waals surface area contributed by atoms with Crippen LogP contribution in [0.1, 0.15) is 37.7 Å². The van der Waals surface area contributed by atoms with Crippen molar-refractivity contribution in [3.63, 3.8) is 0 Å². The van der Waals surface area contributed by atoms with Crippen molar-refractivity contribution in [2.24, 2.45) is 5.41 Å². The van der Waals surface area contributed by atoms with Gasteiger partial charge in [-0.1, -0.05) is 12.5 Å². The summed E-state index contributed by atoms with van der Waals surface area (Å²) < 4.78 is 22.7. The minimum Gasteiger partial charge on any atom is -0.392 e. The van der Waals surface area contributed by atoms with Gasteiger partial charge in [-0.2, -0.15) is 0 Å². The maximum Gasteiger partial charge on any atom is 0.151 e. The summed E-state index contributed by atoms with van der Waals surface area (Å²) in [5.41, 5.74) is 0.754. The van der Waals surface area contributed by atoms with Gasteiger partial charge >= 0.3 is 0 Å². The molecule has 1 N–H and O–H groups in total. The number of pyridine rings is 1. The molecule has 2 heterocycles. The maximum absolute atomic E-state index is 11.3. The molecule has 1 saturated heterocycles. The molecule has 1 spiro atoms. The SMILES string of the molecule is CS(=O)(=O)Cc1ccc(N2CCC[C@]3(CCC[C@H]3O)C2)nc1. The number of aromatic nitrogens is 1. The minimum absolute atomic E-state index is 0.0307. The lowest BCUT2D eigenvalue weighted by Crippen LogP contribution is -2.47. The zero-order valence-electron chi connectivity index (χ0n) is 13.0. The Balaban J connectivity index is 1.74. The van der Waals surface area contributed by atoms with E-state index in [0.717, 1.165) is 56.6 Å². The van der Waals surface area contributed by atoms with Crippen LogP contribution in [0.5, 0.6) is 0 Å². The van der Waals surface area contributed by atoms with Crippen LogP contribution in [0.4, 0.5) is 5.82 Å². The second-order valence-corrected chi connectivity index (χ2v) is 9.03. The summed E-state index contributed by atoms with van der Waals surface area (Å²) in [5, 5.41) is 10.3. The normalized spacial score (nSPS) is 29.2. The third-order valence-electron chi connectivity index (χ3n) is 5.03. The van der Waals surface area contributed by atoms with Gasteiger partial charge in [0.1, 0.15) is 5.82 Å². The van der Waals surface area contributed by atoms with Crippen LogP contribution in [0.25, 0.3) is 0 Å². The minimum atomic E-state index is -3.03. The lowest BCUT2D eigenvalue weighted by atomic mass is 9.77. The summed E-state index contributed by atoms with van der Waals surface area (Å²) in [5.74, 6) is 0.915. The largest absolute Gasteiger partial charge is 0.392 e. The molecule has 0 aromatic carbocycles. The fraction of sp³-hybridized carbons (Fsp3) is 0.688. The van der Waals surface area contributed by atoms with Crippen LogP contribution >= 0.6 is 0 Å². The summed E-state index contributed by atoms with van der Waals surface area (Å²) >= 11 is 0. The van der Waals surface area contributed by atoms with Crippen LogP contribution in [0.3, 0.4) is 0 Å². The number of hydrogen-bond acceptors (Lipinski definition) is 5. The fourth-order valence-electron chi connectivity index (χ4n) is 3.94. The summed E-state index contributed by atoms with van der Waals surface area (Å²) in [7, 11) is -3.03. The van der Waals surface area contributed by atoms with Gasteiger partial charge in [0, 0.05) is 31.0 Å².